The van der Waals surface area contributed by atoms with Gasteiger partial charge in [-0.15, -0.1) is 23.2 Å². The molecule has 1 N–H and O–H groups in total. The van der Waals surface area contributed by atoms with Crippen LogP contribution in [0.4, 0.5) is 0 Å². The average molecular weight is 278 g/mol. The summed E-state index contributed by atoms with van der Waals surface area (Å²) in [5, 5.41) is 2.84. The zero-order valence-corrected chi connectivity index (χ0v) is 11.6. The number of furan rings is 1. The lowest BCUT2D eigenvalue weighted by molar-refractivity contribution is 0.0883. The molecule has 1 heterocycles. The molecule has 0 fully saturated rings. The fraction of sp³-hybridized carbons (Fsp3) is 0.583. The van der Waals surface area contributed by atoms with E-state index >= 15 is 0 Å². The first kappa shape index (κ1) is 14.4. The number of hydrogen-bond donors (Lipinski definition) is 1. The SMILES string of the molecule is CCc1ccc(C(=O)NC(CC)(CCl)CCl)o1. The zero-order valence-electron chi connectivity index (χ0n) is 10.1. The molecule has 17 heavy (non-hydrogen) atoms. The van der Waals surface area contributed by atoms with Gasteiger partial charge in [0.1, 0.15) is 5.76 Å². The monoisotopic (exact) mass is 277 g/mol. The van der Waals surface area contributed by atoms with Gasteiger partial charge in [0.2, 0.25) is 0 Å². The van der Waals surface area contributed by atoms with E-state index in [0.29, 0.717) is 12.2 Å². The van der Waals surface area contributed by atoms with Crippen molar-refractivity contribution in [2.45, 2.75) is 32.2 Å². The maximum Gasteiger partial charge on any atom is 0.287 e. The van der Waals surface area contributed by atoms with Crippen LogP contribution in [0.25, 0.3) is 0 Å². The molecular weight excluding hydrogens is 261 g/mol. The van der Waals surface area contributed by atoms with Crippen molar-refractivity contribution in [2.75, 3.05) is 11.8 Å². The molecule has 0 bridgehead atoms. The molecule has 0 spiro atoms. The van der Waals surface area contributed by atoms with Crippen molar-refractivity contribution in [1.82, 2.24) is 5.32 Å². The molecule has 0 unspecified atom stereocenters. The Hall–Kier alpha value is -0.670. The molecule has 0 aromatic carbocycles. The minimum atomic E-state index is -0.570. The van der Waals surface area contributed by atoms with E-state index in [2.05, 4.69) is 5.32 Å². The average Bonchev–Trinajstić information content (AvgIpc) is 2.85. The number of rotatable bonds is 6. The summed E-state index contributed by atoms with van der Waals surface area (Å²) in [4.78, 5) is 11.9. The highest BCUT2D eigenvalue weighted by atomic mass is 35.5. The van der Waals surface area contributed by atoms with E-state index in [4.69, 9.17) is 27.6 Å². The third-order valence-electron chi connectivity index (χ3n) is 2.80. The van der Waals surface area contributed by atoms with Gasteiger partial charge in [0.15, 0.2) is 5.76 Å². The molecule has 0 aliphatic rings. The Morgan fingerprint density at radius 3 is 2.41 bits per heavy atom. The van der Waals surface area contributed by atoms with Crippen LogP contribution in [0, 0.1) is 0 Å². The smallest absolute Gasteiger partial charge is 0.287 e. The van der Waals surface area contributed by atoms with Crippen LogP contribution in [0.15, 0.2) is 16.5 Å². The van der Waals surface area contributed by atoms with Gasteiger partial charge in [-0.25, -0.2) is 0 Å². The molecule has 0 saturated carbocycles. The summed E-state index contributed by atoms with van der Waals surface area (Å²) in [5.41, 5.74) is -0.570. The van der Waals surface area contributed by atoms with Crippen molar-refractivity contribution in [1.29, 1.82) is 0 Å². The Morgan fingerprint density at radius 2 is 2.00 bits per heavy atom. The first-order valence-corrected chi connectivity index (χ1v) is 6.71. The van der Waals surface area contributed by atoms with E-state index in [-0.39, 0.29) is 17.7 Å². The Kier molecular flexibility index (Phi) is 5.34. The van der Waals surface area contributed by atoms with Crippen molar-refractivity contribution in [3.8, 4) is 0 Å². The van der Waals surface area contributed by atoms with E-state index in [1.165, 1.54) is 0 Å². The Bertz CT molecular complexity index is 364. The lowest BCUT2D eigenvalue weighted by atomic mass is 10.0. The van der Waals surface area contributed by atoms with Gasteiger partial charge >= 0.3 is 0 Å². The predicted octanol–water partition coefficient (Wildman–Crippen LogP) is 3.20. The molecule has 1 aromatic heterocycles. The molecule has 0 saturated heterocycles. The van der Waals surface area contributed by atoms with Crippen LogP contribution in [-0.4, -0.2) is 23.2 Å². The van der Waals surface area contributed by atoms with E-state index in [0.717, 1.165) is 12.2 Å². The normalized spacial score (nSPS) is 11.5. The molecule has 1 rings (SSSR count). The van der Waals surface area contributed by atoms with Crippen LogP contribution in [0.1, 0.15) is 36.6 Å². The molecule has 1 aromatic rings. The number of halogens is 2. The van der Waals surface area contributed by atoms with E-state index < -0.39 is 5.54 Å². The molecular formula is C12H17Cl2NO2. The third-order valence-corrected chi connectivity index (χ3v) is 3.82. The van der Waals surface area contributed by atoms with Gasteiger partial charge in [0.25, 0.3) is 5.91 Å². The van der Waals surface area contributed by atoms with Gasteiger partial charge in [-0.1, -0.05) is 13.8 Å². The summed E-state index contributed by atoms with van der Waals surface area (Å²) in [6, 6.07) is 3.46. The largest absolute Gasteiger partial charge is 0.456 e. The van der Waals surface area contributed by atoms with Gasteiger partial charge in [-0.05, 0) is 18.6 Å². The van der Waals surface area contributed by atoms with Crippen LogP contribution in [-0.2, 0) is 6.42 Å². The molecule has 0 aliphatic carbocycles. The maximum atomic E-state index is 11.9. The minimum absolute atomic E-state index is 0.271. The summed E-state index contributed by atoms with van der Waals surface area (Å²) >= 11 is 11.7. The molecule has 3 nitrogen and oxygen atoms in total. The topological polar surface area (TPSA) is 42.2 Å². The summed E-state index contributed by atoms with van der Waals surface area (Å²) in [6.45, 7) is 3.90. The van der Waals surface area contributed by atoms with Crippen LogP contribution in [0.3, 0.4) is 0 Å². The second-order valence-electron chi connectivity index (χ2n) is 3.97. The fourth-order valence-corrected chi connectivity index (χ4v) is 2.17. The number of aryl methyl sites for hydroxylation is 1. The van der Waals surface area contributed by atoms with E-state index in [9.17, 15) is 4.79 Å². The summed E-state index contributed by atoms with van der Waals surface area (Å²) in [5.74, 6) is 1.37. The highest BCUT2D eigenvalue weighted by molar-refractivity contribution is 6.22. The predicted molar refractivity (Wildman–Crippen MR) is 70.0 cm³/mol. The van der Waals surface area contributed by atoms with Crippen LogP contribution >= 0.6 is 23.2 Å². The number of alkyl halides is 2. The third kappa shape index (κ3) is 3.39. The van der Waals surface area contributed by atoms with Crippen molar-refractivity contribution >= 4 is 29.1 Å². The molecule has 5 heteroatoms. The number of amides is 1. The summed E-state index contributed by atoms with van der Waals surface area (Å²) in [6.07, 6.45) is 1.43. The quantitative estimate of drug-likeness (QED) is 0.812. The number of nitrogens with one attached hydrogen (secondary N) is 1. The molecule has 96 valence electrons. The summed E-state index contributed by atoms with van der Waals surface area (Å²) < 4.78 is 5.38. The molecule has 0 aliphatic heterocycles. The highest BCUT2D eigenvalue weighted by Crippen LogP contribution is 2.17. The van der Waals surface area contributed by atoms with Crippen molar-refractivity contribution in [3.63, 3.8) is 0 Å². The fourth-order valence-electron chi connectivity index (χ4n) is 1.37. The standard InChI is InChI=1S/C12H17Cl2NO2/c1-3-9-5-6-10(17-9)11(16)15-12(4-2,7-13)8-14/h5-6H,3-4,7-8H2,1-2H3,(H,15,16). The number of hydrogen-bond acceptors (Lipinski definition) is 2. The highest BCUT2D eigenvalue weighted by Gasteiger charge is 2.29. The van der Waals surface area contributed by atoms with Gasteiger partial charge < -0.3 is 9.73 Å². The van der Waals surface area contributed by atoms with E-state index in [1.807, 2.05) is 13.8 Å². The Morgan fingerprint density at radius 1 is 1.35 bits per heavy atom. The maximum absolute atomic E-state index is 11.9. The number of carbonyl (C=O) groups excluding carboxylic acids is 1. The van der Waals surface area contributed by atoms with Crippen LogP contribution in [0.5, 0.6) is 0 Å². The van der Waals surface area contributed by atoms with Gasteiger partial charge in [0.05, 0.1) is 5.54 Å². The van der Waals surface area contributed by atoms with Crippen molar-refractivity contribution < 1.29 is 9.21 Å². The Labute approximate surface area is 111 Å². The zero-order chi connectivity index (χ0) is 12.9. The summed E-state index contributed by atoms with van der Waals surface area (Å²) in [7, 11) is 0. The van der Waals surface area contributed by atoms with E-state index in [1.54, 1.807) is 12.1 Å². The lowest BCUT2D eigenvalue weighted by Crippen LogP contribution is -2.51. The number of carbonyl (C=O) groups is 1. The van der Waals surface area contributed by atoms with Gasteiger partial charge in [-0.2, -0.15) is 0 Å². The lowest BCUT2D eigenvalue weighted by Gasteiger charge is -2.28. The minimum Gasteiger partial charge on any atom is -0.456 e. The Balaban J connectivity index is 2.77. The van der Waals surface area contributed by atoms with Crippen LogP contribution in [0.2, 0.25) is 0 Å². The van der Waals surface area contributed by atoms with Gasteiger partial charge in [-0.3, -0.25) is 4.79 Å². The van der Waals surface area contributed by atoms with Crippen molar-refractivity contribution in [3.05, 3.63) is 23.7 Å². The van der Waals surface area contributed by atoms with Gasteiger partial charge in [0, 0.05) is 18.2 Å². The van der Waals surface area contributed by atoms with Crippen molar-refractivity contribution in [2.24, 2.45) is 0 Å². The molecule has 0 radical (unpaired) electrons. The first-order valence-electron chi connectivity index (χ1n) is 5.64. The molecule has 1 amide bonds. The second-order valence-corrected chi connectivity index (χ2v) is 4.51. The van der Waals surface area contributed by atoms with Crippen LogP contribution < -0.4 is 5.32 Å². The first-order chi connectivity index (χ1) is 8.10. The molecule has 0 atom stereocenters. The second kappa shape index (κ2) is 6.31.